The molecule has 0 aromatic heterocycles. The van der Waals surface area contributed by atoms with Gasteiger partial charge in [-0.15, -0.1) is 0 Å². The van der Waals surface area contributed by atoms with Crippen LogP contribution in [0.1, 0.15) is 45.1 Å². The summed E-state index contributed by atoms with van der Waals surface area (Å²) in [5.41, 5.74) is 1.57. The summed E-state index contributed by atoms with van der Waals surface area (Å²) in [5, 5.41) is 2.91. The molecule has 0 saturated carbocycles. The highest BCUT2D eigenvalue weighted by Gasteiger charge is 2.28. The summed E-state index contributed by atoms with van der Waals surface area (Å²) >= 11 is 0. The van der Waals surface area contributed by atoms with Gasteiger partial charge in [0.05, 0.1) is 19.1 Å². The lowest BCUT2D eigenvalue weighted by molar-refractivity contribution is -0.140. The molecule has 0 aliphatic rings. The highest BCUT2D eigenvalue weighted by atomic mass is 32.2. The van der Waals surface area contributed by atoms with Gasteiger partial charge in [-0.3, -0.25) is 13.9 Å². The first kappa shape index (κ1) is 29.2. The third-order valence-electron chi connectivity index (χ3n) is 5.91. The molecular weight excluding hydrogens is 478 g/mol. The Balaban J connectivity index is 2.15. The lowest BCUT2D eigenvalue weighted by Gasteiger charge is -2.31. The van der Waals surface area contributed by atoms with E-state index in [0.717, 1.165) is 18.2 Å². The number of anilines is 1. The molecule has 1 atom stereocenters. The van der Waals surface area contributed by atoms with E-state index in [-0.39, 0.29) is 24.8 Å². The number of carbonyl (C=O) groups is 2. The van der Waals surface area contributed by atoms with Gasteiger partial charge in [-0.2, -0.15) is 0 Å². The summed E-state index contributed by atoms with van der Waals surface area (Å²) in [5.74, 6) is 0.228. The van der Waals surface area contributed by atoms with Crippen LogP contribution in [-0.2, 0) is 26.0 Å². The number of benzene rings is 2. The Hall–Kier alpha value is -3.07. The zero-order valence-electron chi connectivity index (χ0n) is 21.8. The van der Waals surface area contributed by atoms with E-state index >= 15 is 0 Å². The van der Waals surface area contributed by atoms with E-state index in [0.29, 0.717) is 43.8 Å². The maximum atomic E-state index is 13.4. The summed E-state index contributed by atoms with van der Waals surface area (Å²) in [6.07, 6.45) is 3.52. The molecule has 0 aliphatic carbocycles. The summed E-state index contributed by atoms with van der Waals surface area (Å²) in [4.78, 5) is 27.9. The number of nitrogens with one attached hydrogen (secondary N) is 1. The highest BCUT2D eigenvalue weighted by molar-refractivity contribution is 7.92. The van der Waals surface area contributed by atoms with Crippen molar-refractivity contribution in [1.82, 2.24) is 10.2 Å². The van der Waals surface area contributed by atoms with Crippen molar-refractivity contribution in [3.63, 3.8) is 0 Å². The molecule has 2 rings (SSSR count). The molecule has 36 heavy (non-hydrogen) atoms. The second kappa shape index (κ2) is 14.5. The molecule has 2 aromatic carbocycles. The van der Waals surface area contributed by atoms with Gasteiger partial charge in [0.2, 0.25) is 21.8 Å². The summed E-state index contributed by atoms with van der Waals surface area (Å²) < 4.78 is 31.5. The normalized spacial score (nSPS) is 12.0. The SMILES string of the molecule is CCCNC(=O)[C@H](CC)N(CCc1ccccc1)C(=O)CCCN(c1cccc(OC)c1)S(C)(=O)=O. The standard InChI is InChI=1S/C27H39N3O5S/c1-5-18-28-27(32)25(6-2)29(20-17-22-12-8-7-9-13-22)26(31)16-11-19-30(36(4,33)34)23-14-10-15-24(21-23)35-3/h7-10,12-15,21,25H,5-6,11,16-20H2,1-4H3,(H,28,32)/t25-/m0/s1. The van der Waals surface area contributed by atoms with Crippen molar-refractivity contribution in [2.24, 2.45) is 0 Å². The van der Waals surface area contributed by atoms with E-state index in [9.17, 15) is 18.0 Å². The van der Waals surface area contributed by atoms with E-state index in [1.807, 2.05) is 44.2 Å². The van der Waals surface area contributed by atoms with Gasteiger partial charge in [-0.25, -0.2) is 8.42 Å². The smallest absolute Gasteiger partial charge is 0.242 e. The average Bonchev–Trinajstić information content (AvgIpc) is 2.87. The number of nitrogens with zero attached hydrogens (tertiary/aromatic N) is 2. The van der Waals surface area contributed by atoms with Gasteiger partial charge in [0.25, 0.3) is 0 Å². The quantitative estimate of drug-likeness (QED) is 0.389. The van der Waals surface area contributed by atoms with Gasteiger partial charge in [0.1, 0.15) is 11.8 Å². The van der Waals surface area contributed by atoms with Crippen molar-refractivity contribution >= 4 is 27.5 Å². The van der Waals surface area contributed by atoms with E-state index in [1.54, 1.807) is 29.2 Å². The molecular formula is C27H39N3O5S. The van der Waals surface area contributed by atoms with Crippen molar-refractivity contribution in [3.8, 4) is 5.75 Å². The average molecular weight is 518 g/mol. The fourth-order valence-electron chi connectivity index (χ4n) is 4.03. The number of hydrogen-bond donors (Lipinski definition) is 1. The van der Waals surface area contributed by atoms with Crippen LogP contribution in [0.3, 0.4) is 0 Å². The van der Waals surface area contributed by atoms with Crippen LogP contribution in [0.5, 0.6) is 5.75 Å². The first-order valence-electron chi connectivity index (χ1n) is 12.4. The Morgan fingerprint density at radius 1 is 1.03 bits per heavy atom. The third-order valence-corrected chi connectivity index (χ3v) is 7.11. The van der Waals surface area contributed by atoms with E-state index in [4.69, 9.17) is 4.74 Å². The van der Waals surface area contributed by atoms with E-state index < -0.39 is 16.1 Å². The van der Waals surface area contributed by atoms with Crippen LogP contribution in [0, 0.1) is 0 Å². The largest absolute Gasteiger partial charge is 0.497 e. The number of methoxy groups -OCH3 is 1. The van der Waals surface area contributed by atoms with Crippen LogP contribution in [0.2, 0.25) is 0 Å². The van der Waals surface area contributed by atoms with Gasteiger partial charge >= 0.3 is 0 Å². The Kier molecular flexibility index (Phi) is 11.7. The first-order valence-corrected chi connectivity index (χ1v) is 14.3. The maximum absolute atomic E-state index is 13.4. The highest BCUT2D eigenvalue weighted by Crippen LogP contribution is 2.23. The molecule has 0 fully saturated rings. The van der Waals surface area contributed by atoms with Crippen LogP contribution in [0.25, 0.3) is 0 Å². The molecule has 0 aliphatic heterocycles. The fourth-order valence-corrected chi connectivity index (χ4v) is 4.99. The minimum Gasteiger partial charge on any atom is -0.497 e. The minimum absolute atomic E-state index is 0.127. The van der Waals surface area contributed by atoms with Crippen molar-refractivity contribution in [2.45, 2.75) is 52.0 Å². The number of carbonyl (C=O) groups excluding carboxylic acids is 2. The molecule has 0 bridgehead atoms. The summed E-state index contributed by atoms with van der Waals surface area (Å²) in [6, 6.07) is 16.1. The molecule has 198 valence electrons. The zero-order chi connectivity index (χ0) is 26.6. The second-order valence-corrected chi connectivity index (χ2v) is 10.6. The molecule has 9 heteroatoms. The Morgan fingerprint density at radius 3 is 2.36 bits per heavy atom. The van der Waals surface area contributed by atoms with Crippen molar-refractivity contribution in [2.75, 3.05) is 37.3 Å². The number of amides is 2. The third kappa shape index (κ3) is 8.86. The molecule has 0 unspecified atom stereocenters. The van der Waals surface area contributed by atoms with E-state index in [1.165, 1.54) is 11.4 Å². The molecule has 2 aromatic rings. The second-order valence-electron chi connectivity index (χ2n) is 8.68. The van der Waals surface area contributed by atoms with Crippen molar-refractivity contribution in [1.29, 1.82) is 0 Å². The monoisotopic (exact) mass is 517 g/mol. The predicted octanol–water partition coefficient (Wildman–Crippen LogP) is 3.62. The van der Waals surface area contributed by atoms with Crippen LogP contribution < -0.4 is 14.4 Å². The molecule has 0 heterocycles. The number of ether oxygens (including phenoxy) is 1. The van der Waals surface area contributed by atoms with Crippen LogP contribution in [0.4, 0.5) is 5.69 Å². The Morgan fingerprint density at radius 2 is 1.75 bits per heavy atom. The van der Waals surface area contributed by atoms with Gasteiger partial charge in [-0.1, -0.05) is 50.2 Å². The Labute approximate surface area is 215 Å². The van der Waals surface area contributed by atoms with Crippen LogP contribution in [0.15, 0.2) is 54.6 Å². The van der Waals surface area contributed by atoms with Gasteiger partial charge in [0.15, 0.2) is 0 Å². The minimum atomic E-state index is -3.56. The summed E-state index contributed by atoms with van der Waals surface area (Å²) in [7, 11) is -2.04. The van der Waals surface area contributed by atoms with Crippen LogP contribution in [-0.4, -0.2) is 64.2 Å². The fraction of sp³-hybridized carbons (Fsp3) is 0.481. The molecule has 0 radical (unpaired) electrons. The van der Waals surface area contributed by atoms with Gasteiger partial charge < -0.3 is 15.0 Å². The first-order chi connectivity index (χ1) is 17.2. The maximum Gasteiger partial charge on any atom is 0.242 e. The number of rotatable bonds is 15. The molecule has 0 saturated heterocycles. The number of sulfonamides is 1. The van der Waals surface area contributed by atoms with Crippen LogP contribution >= 0.6 is 0 Å². The zero-order valence-corrected chi connectivity index (χ0v) is 22.6. The molecule has 8 nitrogen and oxygen atoms in total. The molecule has 1 N–H and O–H groups in total. The molecule has 2 amide bonds. The Bertz CT molecular complexity index is 1080. The predicted molar refractivity (Wildman–Crippen MR) is 144 cm³/mol. The van der Waals surface area contributed by atoms with Crippen molar-refractivity contribution < 1.29 is 22.7 Å². The van der Waals surface area contributed by atoms with E-state index in [2.05, 4.69) is 5.32 Å². The lowest BCUT2D eigenvalue weighted by atomic mass is 10.1. The summed E-state index contributed by atoms with van der Waals surface area (Å²) in [6.45, 7) is 4.98. The lowest BCUT2D eigenvalue weighted by Crippen LogP contribution is -2.50. The van der Waals surface area contributed by atoms with Gasteiger partial charge in [0, 0.05) is 32.1 Å². The molecule has 0 spiro atoms. The van der Waals surface area contributed by atoms with Crippen molar-refractivity contribution in [3.05, 3.63) is 60.2 Å². The topological polar surface area (TPSA) is 96.0 Å². The van der Waals surface area contributed by atoms with Gasteiger partial charge in [-0.05, 0) is 43.4 Å². The number of hydrogen-bond acceptors (Lipinski definition) is 5.